The number of anilines is 4. The van der Waals surface area contributed by atoms with Crippen LogP contribution in [0.5, 0.6) is 23.0 Å². The van der Waals surface area contributed by atoms with Crippen molar-refractivity contribution in [2.75, 3.05) is 34.5 Å². The fraction of sp³-hybridized carbons (Fsp3) is 0.0625. The minimum absolute atomic E-state index is 0.0351. The van der Waals surface area contributed by atoms with Crippen LogP contribution in [0.3, 0.4) is 0 Å². The van der Waals surface area contributed by atoms with Crippen LogP contribution in [0.4, 0.5) is 45.5 Å². The number of nitrogens with one attached hydrogen (secondary N) is 4. The first kappa shape index (κ1) is 52.4. The predicted molar refractivity (Wildman–Crippen MR) is 311 cm³/mol. The van der Waals surface area contributed by atoms with Gasteiger partial charge in [-0.15, -0.1) is 10.2 Å². The van der Waals surface area contributed by atoms with Crippen LogP contribution in [0.25, 0.3) is 32.7 Å². The SMILES string of the molecule is CCOc1cc(N=Nc2c(O)c(C(=O)Nc3ccc(-c4ccc(NC(=O)c5cc6ccccc6c(N=Nc6cc(OCC)cc(C(=O)Nc7ccccc7)c6)c5O)cc4)cc3)cc3ccccc23)cc(C(=O)Nc2ccccc2)c1. The maximum atomic E-state index is 13.9. The van der Waals surface area contributed by atoms with Crippen molar-refractivity contribution >= 4 is 90.7 Å². The van der Waals surface area contributed by atoms with Crippen molar-refractivity contribution in [2.24, 2.45) is 20.5 Å². The van der Waals surface area contributed by atoms with Gasteiger partial charge in [-0.1, -0.05) is 109 Å². The van der Waals surface area contributed by atoms with Gasteiger partial charge in [0, 0.05) is 56.8 Å². The normalized spacial score (nSPS) is 11.2. The Hall–Kier alpha value is -11.0. The molecule has 6 N–H and O–H groups in total. The summed E-state index contributed by atoms with van der Waals surface area (Å²) < 4.78 is 11.5. The van der Waals surface area contributed by atoms with E-state index in [0.29, 0.717) is 69.0 Å². The van der Waals surface area contributed by atoms with Crippen LogP contribution in [0.1, 0.15) is 55.3 Å². The number of nitrogens with zero attached hydrogens (tertiary/aromatic N) is 4. The van der Waals surface area contributed by atoms with E-state index in [9.17, 15) is 29.4 Å². The lowest BCUT2D eigenvalue weighted by molar-refractivity contribution is 0.101. The van der Waals surface area contributed by atoms with Gasteiger partial charge in [0.2, 0.25) is 0 Å². The second-order valence-corrected chi connectivity index (χ2v) is 18.1. The number of carbonyl (C=O) groups excluding carboxylic acids is 4. The van der Waals surface area contributed by atoms with E-state index in [1.165, 1.54) is 0 Å². The molecule has 0 bridgehead atoms. The Kier molecular flexibility index (Phi) is 15.7. The molecule has 394 valence electrons. The van der Waals surface area contributed by atoms with E-state index in [2.05, 4.69) is 41.7 Å². The third-order valence-corrected chi connectivity index (χ3v) is 12.6. The number of amides is 4. The van der Waals surface area contributed by atoms with Crippen molar-refractivity contribution in [3.8, 4) is 34.1 Å². The Bertz CT molecular complexity index is 3760. The molecule has 0 fully saturated rings. The monoisotopic (exact) mass is 1060 g/mol. The topological polar surface area (TPSA) is 225 Å². The highest BCUT2D eigenvalue weighted by atomic mass is 16.5. The first-order valence-corrected chi connectivity index (χ1v) is 25.4. The van der Waals surface area contributed by atoms with Crippen LogP contribution in [-0.2, 0) is 0 Å². The van der Waals surface area contributed by atoms with Gasteiger partial charge in [0.05, 0.1) is 35.7 Å². The summed E-state index contributed by atoms with van der Waals surface area (Å²) in [5.74, 6) is -1.91. The number of para-hydroxylation sites is 2. The molecule has 80 heavy (non-hydrogen) atoms. The highest BCUT2D eigenvalue weighted by Gasteiger charge is 2.22. The summed E-state index contributed by atoms with van der Waals surface area (Å²) in [6.07, 6.45) is 0. The van der Waals surface area contributed by atoms with E-state index < -0.39 is 11.8 Å². The van der Waals surface area contributed by atoms with Crippen LogP contribution in [0, 0.1) is 0 Å². The van der Waals surface area contributed by atoms with Gasteiger partial charge < -0.3 is 41.0 Å². The second-order valence-electron chi connectivity index (χ2n) is 18.1. The fourth-order valence-corrected chi connectivity index (χ4v) is 8.78. The summed E-state index contributed by atoms with van der Waals surface area (Å²) in [7, 11) is 0. The van der Waals surface area contributed by atoms with E-state index in [-0.39, 0.29) is 68.3 Å². The number of carbonyl (C=O) groups is 4. The molecule has 16 nitrogen and oxygen atoms in total. The fourth-order valence-electron chi connectivity index (χ4n) is 8.78. The number of phenols is 2. The van der Waals surface area contributed by atoms with Gasteiger partial charge in [0.1, 0.15) is 22.9 Å². The van der Waals surface area contributed by atoms with Crippen molar-refractivity contribution in [3.63, 3.8) is 0 Å². The highest BCUT2D eigenvalue weighted by molar-refractivity contribution is 6.13. The zero-order valence-electron chi connectivity index (χ0n) is 43.2. The molecule has 10 rings (SSSR count). The molecule has 10 aromatic carbocycles. The number of phenolic OH excluding ortho intramolecular Hbond substituents is 2. The number of fused-ring (bicyclic) bond motifs is 2. The maximum Gasteiger partial charge on any atom is 0.259 e. The molecule has 0 spiro atoms. The van der Waals surface area contributed by atoms with Gasteiger partial charge in [-0.05, 0) is 121 Å². The standard InChI is InChI=1S/C64H50N8O8/c1-3-79-51-33-43(61(75)65-45-17-7-5-8-18-45)31-49(37-51)69-71-57-53-21-13-11-15-41(53)35-55(59(57)73)63(77)67-47-27-23-39(24-28-47)40-25-29-48(30-26-40)68-64(78)56-36-42-16-12-14-22-54(42)58(60(56)74)72-70-50-32-44(34-52(38-50)80-4-2)62(76)66-46-19-9-6-10-20-46/h5-38,73-74H,3-4H2,1-2H3,(H,65,75)(H,66,76)(H,67,77)(H,68,78). The van der Waals surface area contributed by atoms with Crippen LogP contribution >= 0.6 is 0 Å². The summed E-state index contributed by atoms with van der Waals surface area (Å²) >= 11 is 0. The van der Waals surface area contributed by atoms with Gasteiger partial charge in [-0.3, -0.25) is 19.2 Å². The minimum atomic E-state index is -0.588. The second kappa shape index (κ2) is 23.9. The van der Waals surface area contributed by atoms with Gasteiger partial charge in [0.15, 0.2) is 11.5 Å². The zero-order chi connectivity index (χ0) is 55.5. The number of azo groups is 2. The Balaban J connectivity index is 0.831. The van der Waals surface area contributed by atoms with Crippen LogP contribution in [0.2, 0.25) is 0 Å². The molecule has 0 saturated carbocycles. The quantitative estimate of drug-likeness (QED) is 0.0480. The zero-order valence-corrected chi connectivity index (χ0v) is 43.2. The molecular formula is C64H50N8O8. The molecule has 0 unspecified atom stereocenters. The molecular weight excluding hydrogens is 1010 g/mol. The van der Waals surface area contributed by atoms with E-state index in [1.54, 1.807) is 133 Å². The number of hydrogen-bond acceptors (Lipinski definition) is 12. The Morgan fingerprint density at radius 2 is 0.738 bits per heavy atom. The summed E-state index contributed by atoms with van der Waals surface area (Å²) in [5.41, 5.74) is 4.95. The van der Waals surface area contributed by atoms with E-state index >= 15 is 0 Å². The van der Waals surface area contributed by atoms with Crippen molar-refractivity contribution in [1.29, 1.82) is 0 Å². The first-order valence-electron chi connectivity index (χ1n) is 25.4. The molecule has 0 atom stereocenters. The summed E-state index contributed by atoms with van der Waals surface area (Å²) in [4.78, 5) is 54.3. The Labute approximate surface area is 459 Å². The van der Waals surface area contributed by atoms with Crippen molar-refractivity contribution < 1.29 is 38.9 Å². The van der Waals surface area contributed by atoms with Gasteiger partial charge in [0.25, 0.3) is 23.6 Å². The molecule has 0 aliphatic heterocycles. The molecule has 16 heteroatoms. The van der Waals surface area contributed by atoms with E-state index in [0.717, 1.165) is 11.1 Å². The highest BCUT2D eigenvalue weighted by Crippen LogP contribution is 2.42. The molecule has 0 heterocycles. The molecule has 4 amide bonds. The van der Waals surface area contributed by atoms with Crippen molar-refractivity contribution in [1.82, 2.24) is 0 Å². The summed E-state index contributed by atoms with van der Waals surface area (Å²) in [5, 5.41) is 54.8. The molecule has 0 saturated heterocycles. The van der Waals surface area contributed by atoms with Gasteiger partial charge >= 0.3 is 0 Å². The number of hydrogen-bond donors (Lipinski definition) is 6. The molecule has 10 aromatic rings. The smallest absolute Gasteiger partial charge is 0.259 e. The number of aromatic hydroxyl groups is 2. The van der Waals surface area contributed by atoms with Crippen molar-refractivity contribution in [3.05, 3.63) is 229 Å². The third-order valence-electron chi connectivity index (χ3n) is 12.6. The average Bonchev–Trinajstić information content (AvgIpc) is 3.51. The number of rotatable bonds is 17. The molecule has 0 radical (unpaired) electrons. The Morgan fingerprint density at radius 1 is 0.388 bits per heavy atom. The van der Waals surface area contributed by atoms with E-state index in [4.69, 9.17) is 9.47 Å². The van der Waals surface area contributed by atoms with Gasteiger partial charge in [-0.25, -0.2) is 0 Å². The summed E-state index contributed by atoms with van der Waals surface area (Å²) in [6, 6.07) is 59.4. The van der Waals surface area contributed by atoms with Crippen LogP contribution < -0.4 is 30.7 Å². The Morgan fingerprint density at radius 3 is 1.12 bits per heavy atom. The van der Waals surface area contributed by atoms with Crippen molar-refractivity contribution in [2.45, 2.75) is 13.8 Å². The van der Waals surface area contributed by atoms with E-state index in [1.807, 2.05) is 86.6 Å². The molecule has 0 aliphatic carbocycles. The van der Waals surface area contributed by atoms with Gasteiger partial charge in [-0.2, -0.15) is 10.2 Å². The molecule has 0 aliphatic rings. The number of benzene rings is 10. The minimum Gasteiger partial charge on any atom is -0.505 e. The lowest BCUT2D eigenvalue weighted by Crippen LogP contribution is -2.12. The van der Waals surface area contributed by atoms with Crippen LogP contribution in [-0.4, -0.2) is 47.1 Å². The summed E-state index contributed by atoms with van der Waals surface area (Å²) in [6.45, 7) is 4.34. The molecule has 0 aromatic heterocycles. The first-order chi connectivity index (χ1) is 39.0. The third kappa shape index (κ3) is 12.1. The average molecular weight is 1060 g/mol. The lowest BCUT2D eigenvalue weighted by Gasteiger charge is -2.12. The predicted octanol–water partition coefficient (Wildman–Crippen LogP) is 15.7. The maximum absolute atomic E-state index is 13.9. The van der Waals surface area contributed by atoms with Crippen LogP contribution in [0.15, 0.2) is 227 Å². The number of ether oxygens (including phenoxy) is 2. The lowest BCUT2D eigenvalue weighted by atomic mass is 10.0. The largest absolute Gasteiger partial charge is 0.505 e.